The van der Waals surface area contributed by atoms with Gasteiger partial charge in [-0.25, -0.2) is 0 Å². The zero-order chi connectivity index (χ0) is 15.2. The topological polar surface area (TPSA) is 41.5 Å². The number of rotatable bonds is 6. The SMILES string of the molecule is CCCOc1ccc(C(C)Nc2ccc(O)cc2C)cc1. The number of aryl methyl sites for hydroxylation is 1. The van der Waals surface area contributed by atoms with Crippen molar-refractivity contribution in [3.63, 3.8) is 0 Å². The number of nitrogens with one attached hydrogen (secondary N) is 1. The van der Waals surface area contributed by atoms with Crippen LogP contribution in [0, 0.1) is 6.92 Å². The summed E-state index contributed by atoms with van der Waals surface area (Å²) in [6.07, 6.45) is 1.01. The van der Waals surface area contributed by atoms with Crippen molar-refractivity contribution < 1.29 is 9.84 Å². The van der Waals surface area contributed by atoms with Gasteiger partial charge in [0.25, 0.3) is 0 Å². The molecule has 2 N–H and O–H groups in total. The lowest BCUT2D eigenvalue weighted by Gasteiger charge is -2.18. The molecule has 0 saturated heterocycles. The van der Waals surface area contributed by atoms with Crippen LogP contribution < -0.4 is 10.1 Å². The molecule has 3 nitrogen and oxygen atoms in total. The molecule has 3 heteroatoms. The summed E-state index contributed by atoms with van der Waals surface area (Å²) in [6, 6.07) is 13.7. The average molecular weight is 285 g/mol. The van der Waals surface area contributed by atoms with Gasteiger partial charge in [-0.2, -0.15) is 0 Å². The standard InChI is InChI=1S/C18H23NO2/c1-4-11-21-17-8-5-15(6-9-17)14(3)19-18-10-7-16(20)12-13(18)2/h5-10,12,14,19-20H,4,11H2,1-3H3. The lowest BCUT2D eigenvalue weighted by molar-refractivity contribution is 0.317. The minimum absolute atomic E-state index is 0.188. The third kappa shape index (κ3) is 4.15. The molecule has 0 aliphatic rings. The molecule has 1 unspecified atom stereocenters. The first-order valence-electron chi connectivity index (χ1n) is 7.39. The van der Waals surface area contributed by atoms with Crippen LogP contribution in [0.5, 0.6) is 11.5 Å². The van der Waals surface area contributed by atoms with E-state index in [-0.39, 0.29) is 6.04 Å². The van der Waals surface area contributed by atoms with Crippen LogP contribution >= 0.6 is 0 Å². The van der Waals surface area contributed by atoms with E-state index in [2.05, 4.69) is 31.3 Å². The number of phenolic OH excluding ortho intramolecular Hbond substituents is 1. The summed E-state index contributed by atoms with van der Waals surface area (Å²) in [5, 5.41) is 12.9. The molecule has 2 aromatic rings. The Hall–Kier alpha value is -2.16. The minimum Gasteiger partial charge on any atom is -0.508 e. The Labute approximate surface area is 126 Å². The number of ether oxygens (including phenoxy) is 1. The highest BCUT2D eigenvalue weighted by Gasteiger charge is 2.07. The van der Waals surface area contributed by atoms with E-state index < -0.39 is 0 Å². The molecular formula is C18H23NO2. The summed E-state index contributed by atoms with van der Waals surface area (Å²) in [6.45, 7) is 6.95. The van der Waals surface area contributed by atoms with Crippen LogP contribution in [0.2, 0.25) is 0 Å². The highest BCUT2D eigenvalue weighted by Crippen LogP contribution is 2.26. The maximum atomic E-state index is 9.45. The van der Waals surface area contributed by atoms with Crippen LogP contribution in [0.3, 0.4) is 0 Å². The number of phenols is 1. The maximum Gasteiger partial charge on any atom is 0.119 e. The highest BCUT2D eigenvalue weighted by atomic mass is 16.5. The average Bonchev–Trinajstić information content (AvgIpc) is 2.48. The smallest absolute Gasteiger partial charge is 0.119 e. The van der Waals surface area contributed by atoms with Gasteiger partial charge in [0, 0.05) is 11.7 Å². The fourth-order valence-corrected chi connectivity index (χ4v) is 2.20. The van der Waals surface area contributed by atoms with Gasteiger partial charge in [0.1, 0.15) is 11.5 Å². The molecule has 1 atom stereocenters. The van der Waals surface area contributed by atoms with Crippen LogP contribution in [-0.2, 0) is 0 Å². The first-order valence-corrected chi connectivity index (χ1v) is 7.39. The Morgan fingerprint density at radius 1 is 1.14 bits per heavy atom. The van der Waals surface area contributed by atoms with Gasteiger partial charge in [0.15, 0.2) is 0 Å². The van der Waals surface area contributed by atoms with E-state index in [1.807, 2.05) is 25.1 Å². The van der Waals surface area contributed by atoms with Crippen LogP contribution in [0.25, 0.3) is 0 Å². The number of benzene rings is 2. The normalized spacial score (nSPS) is 12.0. The summed E-state index contributed by atoms with van der Waals surface area (Å²) in [7, 11) is 0. The molecule has 21 heavy (non-hydrogen) atoms. The molecule has 0 radical (unpaired) electrons. The van der Waals surface area contributed by atoms with Gasteiger partial charge in [0.05, 0.1) is 6.61 Å². The largest absolute Gasteiger partial charge is 0.508 e. The summed E-state index contributed by atoms with van der Waals surface area (Å²) >= 11 is 0. The first kappa shape index (κ1) is 15.2. The second-order valence-corrected chi connectivity index (χ2v) is 5.28. The van der Waals surface area contributed by atoms with Crippen molar-refractivity contribution in [3.8, 4) is 11.5 Å². The number of anilines is 1. The molecule has 0 bridgehead atoms. The van der Waals surface area contributed by atoms with E-state index in [0.717, 1.165) is 30.0 Å². The van der Waals surface area contributed by atoms with E-state index in [1.54, 1.807) is 12.1 Å². The molecular weight excluding hydrogens is 262 g/mol. The van der Waals surface area contributed by atoms with Crippen molar-refractivity contribution >= 4 is 5.69 Å². The van der Waals surface area contributed by atoms with Crippen LogP contribution in [0.15, 0.2) is 42.5 Å². The van der Waals surface area contributed by atoms with Gasteiger partial charge in [-0.05, 0) is 61.7 Å². The molecule has 0 heterocycles. The van der Waals surface area contributed by atoms with Crippen molar-refractivity contribution in [3.05, 3.63) is 53.6 Å². The van der Waals surface area contributed by atoms with Crippen molar-refractivity contribution in [2.75, 3.05) is 11.9 Å². The van der Waals surface area contributed by atoms with Crippen molar-refractivity contribution in [2.45, 2.75) is 33.2 Å². The Balaban J connectivity index is 2.04. The third-order valence-electron chi connectivity index (χ3n) is 3.43. The molecule has 112 valence electrons. The quantitative estimate of drug-likeness (QED) is 0.758. The molecule has 0 spiro atoms. The predicted octanol–water partition coefficient (Wildman–Crippen LogP) is 4.66. The molecule has 0 amide bonds. The Morgan fingerprint density at radius 3 is 2.48 bits per heavy atom. The summed E-state index contributed by atoms with van der Waals surface area (Å²) in [5.41, 5.74) is 3.27. The minimum atomic E-state index is 0.188. The van der Waals surface area contributed by atoms with Gasteiger partial charge in [-0.3, -0.25) is 0 Å². The number of hydrogen-bond acceptors (Lipinski definition) is 3. The van der Waals surface area contributed by atoms with Crippen molar-refractivity contribution in [1.29, 1.82) is 0 Å². The van der Waals surface area contributed by atoms with Crippen LogP contribution in [-0.4, -0.2) is 11.7 Å². The fraction of sp³-hybridized carbons (Fsp3) is 0.333. The summed E-state index contributed by atoms with van der Waals surface area (Å²) in [4.78, 5) is 0. The monoisotopic (exact) mass is 285 g/mol. The van der Waals surface area contributed by atoms with E-state index in [9.17, 15) is 5.11 Å². The molecule has 2 aromatic carbocycles. The van der Waals surface area contributed by atoms with E-state index in [1.165, 1.54) is 5.56 Å². The lowest BCUT2D eigenvalue weighted by atomic mass is 10.1. The van der Waals surface area contributed by atoms with Gasteiger partial charge in [-0.1, -0.05) is 19.1 Å². The fourth-order valence-electron chi connectivity index (χ4n) is 2.20. The molecule has 0 aliphatic heterocycles. The van der Waals surface area contributed by atoms with E-state index in [0.29, 0.717) is 5.75 Å². The van der Waals surface area contributed by atoms with Crippen LogP contribution in [0.4, 0.5) is 5.69 Å². The van der Waals surface area contributed by atoms with Crippen molar-refractivity contribution in [2.24, 2.45) is 0 Å². The zero-order valence-corrected chi connectivity index (χ0v) is 12.9. The van der Waals surface area contributed by atoms with Crippen LogP contribution in [0.1, 0.15) is 37.4 Å². The molecule has 2 rings (SSSR count). The van der Waals surface area contributed by atoms with Gasteiger partial charge < -0.3 is 15.2 Å². The summed E-state index contributed by atoms with van der Waals surface area (Å²) < 4.78 is 5.59. The zero-order valence-electron chi connectivity index (χ0n) is 12.9. The molecule has 0 aromatic heterocycles. The van der Waals surface area contributed by atoms with Gasteiger partial charge >= 0.3 is 0 Å². The Kier molecular flexibility index (Phi) is 5.09. The molecule has 0 saturated carbocycles. The maximum absolute atomic E-state index is 9.45. The second kappa shape index (κ2) is 7.02. The first-order chi connectivity index (χ1) is 10.1. The van der Waals surface area contributed by atoms with E-state index in [4.69, 9.17) is 4.74 Å². The van der Waals surface area contributed by atoms with Gasteiger partial charge in [0.2, 0.25) is 0 Å². The second-order valence-electron chi connectivity index (χ2n) is 5.28. The molecule has 0 fully saturated rings. The number of hydrogen-bond donors (Lipinski definition) is 2. The number of aromatic hydroxyl groups is 1. The highest BCUT2D eigenvalue weighted by molar-refractivity contribution is 5.54. The third-order valence-corrected chi connectivity index (χ3v) is 3.43. The summed E-state index contributed by atoms with van der Waals surface area (Å²) in [5.74, 6) is 1.21. The van der Waals surface area contributed by atoms with Crippen molar-refractivity contribution in [1.82, 2.24) is 0 Å². The lowest BCUT2D eigenvalue weighted by Crippen LogP contribution is -2.07. The Morgan fingerprint density at radius 2 is 1.86 bits per heavy atom. The molecule has 0 aliphatic carbocycles. The van der Waals surface area contributed by atoms with E-state index >= 15 is 0 Å². The predicted molar refractivity (Wildman–Crippen MR) is 87.1 cm³/mol. The Bertz CT molecular complexity index is 578. The van der Waals surface area contributed by atoms with Gasteiger partial charge in [-0.15, -0.1) is 0 Å².